The van der Waals surface area contributed by atoms with E-state index in [0.717, 1.165) is 0 Å². The highest BCUT2D eigenvalue weighted by molar-refractivity contribution is 6.13. The summed E-state index contributed by atoms with van der Waals surface area (Å²) < 4.78 is 24.8. The fourth-order valence-electron chi connectivity index (χ4n) is 0.577. The largest absolute Gasteiger partial charge is 0.219 e. The van der Waals surface area contributed by atoms with Crippen LogP contribution in [0.25, 0.3) is 0 Å². The highest BCUT2D eigenvalue weighted by Gasteiger charge is 2.37. The fourth-order valence-corrected chi connectivity index (χ4v) is 0.577. The van der Waals surface area contributed by atoms with Crippen LogP contribution in [-0.2, 0) is 0 Å². The van der Waals surface area contributed by atoms with Gasteiger partial charge in [0.05, 0.1) is 0 Å². The van der Waals surface area contributed by atoms with Crippen molar-refractivity contribution in [2.45, 2.75) is 33.5 Å². The molecule has 0 aliphatic heterocycles. The third-order valence-electron chi connectivity index (χ3n) is 1.88. The van der Waals surface area contributed by atoms with Gasteiger partial charge in [-0.15, -0.1) is 0 Å². The Morgan fingerprint density at radius 3 is 1.50 bits per heavy atom. The Morgan fingerprint density at radius 2 is 1.50 bits per heavy atom. The van der Waals surface area contributed by atoms with Crippen molar-refractivity contribution in [1.29, 1.82) is 0 Å². The van der Waals surface area contributed by atoms with Gasteiger partial charge >= 0.3 is 0 Å². The average molecular weight is 146 g/mol. The molecule has 0 amide bonds. The molecule has 0 aromatic heterocycles. The molecule has 10 heavy (non-hydrogen) atoms. The van der Waals surface area contributed by atoms with Gasteiger partial charge < -0.3 is 0 Å². The van der Waals surface area contributed by atoms with E-state index in [1.807, 2.05) is 0 Å². The predicted octanol–water partition coefficient (Wildman–Crippen LogP) is 2.43. The Hall–Kier alpha value is -0.0751. The van der Waals surface area contributed by atoms with E-state index in [0.29, 0.717) is 0 Å². The van der Waals surface area contributed by atoms with Crippen LogP contribution in [0.4, 0.5) is 8.78 Å². The van der Waals surface area contributed by atoms with E-state index in [-0.39, 0.29) is 0 Å². The predicted molar refractivity (Wildman–Crippen MR) is 39.3 cm³/mol. The van der Waals surface area contributed by atoms with Crippen LogP contribution in [0.15, 0.2) is 0 Å². The van der Waals surface area contributed by atoms with Crippen molar-refractivity contribution in [1.82, 2.24) is 0 Å². The summed E-state index contributed by atoms with van der Waals surface area (Å²) in [7, 11) is 4.63. The number of rotatable bonds is 1. The van der Waals surface area contributed by atoms with Gasteiger partial charge in [-0.05, 0) is 5.41 Å². The molecule has 58 valence electrons. The molecule has 3 heteroatoms. The fraction of sp³-hybridized carbons (Fsp3) is 1.00. The van der Waals surface area contributed by atoms with E-state index in [4.69, 9.17) is 0 Å². The molecular formula is C7H13BF2. The standard InChI is InChI=1S/C7H13BF2/c1-5(6(2,3)4)7(8,9)10/h5H,1-4H3. The molecule has 0 rings (SSSR count). The summed E-state index contributed by atoms with van der Waals surface area (Å²) in [5.74, 6) is -3.85. The molecule has 0 aromatic rings. The van der Waals surface area contributed by atoms with Crippen molar-refractivity contribution in [3.8, 4) is 0 Å². The Balaban J connectivity index is 4.23. The molecule has 0 aliphatic rings. The summed E-state index contributed by atoms with van der Waals surface area (Å²) in [5, 5.41) is 0. The molecule has 0 N–H and O–H groups in total. The van der Waals surface area contributed by atoms with Gasteiger partial charge in [-0.25, -0.2) is 8.78 Å². The van der Waals surface area contributed by atoms with Crippen LogP contribution in [0.3, 0.4) is 0 Å². The topological polar surface area (TPSA) is 0 Å². The second kappa shape index (κ2) is 2.52. The zero-order chi connectivity index (χ0) is 8.58. The monoisotopic (exact) mass is 146 g/mol. The summed E-state index contributed by atoms with van der Waals surface area (Å²) in [6, 6.07) is 0. The number of alkyl halides is 2. The second-order valence-electron chi connectivity index (χ2n) is 3.76. The summed E-state index contributed by atoms with van der Waals surface area (Å²) in [5.41, 5.74) is -0.432. The number of hydrogen-bond acceptors (Lipinski definition) is 0. The maximum atomic E-state index is 12.4. The van der Waals surface area contributed by atoms with E-state index >= 15 is 0 Å². The minimum absolute atomic E-state index is 0.432. The maximum absolute atomic E-state index is 12.4. The van der Waals surface area contributed by atoms with Gasteiger partial charge in [0.15, 0.2) is 7.85 Å². The number of hydrogen-bond donors (Lipinski definition) is 0. The van der Waals surface area contributed by atoms with Crippen molar-refractivity contribution in [3.05, 3.63) is 0 Å². The lowest BCUT2D eigenvalue weighted by molar-refractivity contribution is -0.0147. The van der Waals surface area contributed by atoms with Crippen LogP contribution >= 0.6 is 0 Å². The van der Waals surface area contributed by atoms with Gasteiger partial charge in [-0.2, -0.15) is 0 Å². The summed E-state index contributed by atoms with van der Waals surface area (Å²) in [6.07, 6.45) is 0. The van der Waals surface area contributed by atoms with Gasteiger partial charge in [-0.1, -0.05) is 27.7 Å². The Bertz CT molecular complexity index is 95.8. The first-order valence-electron chi connectivity index (χ1n) is 3.32. The van der Waals surface area contributed by atoms with Gasteiger partial charge in [0.1, 0.15) is 0 Å². The van der Waals surface area contributed by atoms with Crippen LogP contribution in [0, 0.1) is 11.3 Å². The Morgan fingerprint density at radius 1 is 1.20 bits per heavy atom. The van der Waals surface area contributed by atoms with E-state index in [1.54, 1.807) is 20.8 Å². The highest BCUT2D eigenvalue weighted by atomic mass is 19.3. The molecule has 0 saturated heterocycles. The molecule has 0 aliphatic carbocycles. The van der Waals surface area contributed by atoms with Crippen molar-refractivity contribution >= 4 is 7.85 Å². The van der Waals surface area contributed by atoms with E-state index < -0.39 is 17.2 Å². The van der Waals surface area contributed by atoms with Crippen molar-refractivity contribution in [2.75, 3.05) is 0 Å². The van der Waals surface area contributed by atoms with Crippen LogP contribution in [-0.4, -0.2) is 13.7 Å². The van der Waals surface area contributed by atoms with Crippen molar-refractivity contribution < 1.29 is 8.78 Å². The first-order chi connectivity index (χ1) is 4.15. The number of halogens is 2. The smallest absolute Gasteiger partial charge is 0.203 e. The molecule has 0 heterocycles. The van der Waals surface area contributed by atoms with Gasteiger partial charge in [0.25, 0.3) is 0 Å². The van der Waals surface area contributed by atoms with Crippen LogP contribution in [0.5, 0.6) is 0 Å². The average Bonchev–Trinajstić information content (AvgIpc) is 1.59. The van der Waals surface area contributed by atoms with Gasteiger partial charge in [0.2, 0.25) is 5.82 Å². The highest BCUT2D eigenvalue weighted by Crippen LogP contribution is 2.35. The molecule has 1 atom stereocenters. The lowest BCUT2D eigenvalue weighted by Gasteiger charge is -2.32. The lowest BCUT2D eigenvalue weighted by atomic mass is 9.72. The molecule has 0 aromatic carbocycles. The van der Waals surface area contributed by atoms with Gasteiger partial charge in [0, 0.05) is 5.92 Å². The zero-order valence-electron chi connectivity index (χ0n) is 6.91. The molecule has 0 spiro atoms. The van der Waals surface area contributed by atoms with Crippen LogP contribution in [0.2, 0.25) is 0 Å². The quantitative estimate of drug-likeness (QED) is 0.498. The normalized spacial score (nSPS) is 17.0. The lowest BCUT2D eigenvalue weighted by Crippen LogP contribution is -2.35. The third kappa shape index (κ3) is 2.67. The first kappa shape index (κ1) is 9.92. The Kier molecular flexibility index (Phi) is 2.50. The molecule has 0 fully saturated rings. The van der Waals surface area contributed by atoms with Crippen LogP contribution in [0.1, 0.15) is 27.7 Å². The minimum Gasteiger partial charge on any atom is -0.219 e. The van der Waals surface area contributed by atoms with E-state index in [9.17, 15) is 8.78 Å². The SMILES string of the molecule is [B]C(F)(F)C(C)C(C)(C)C. The zero-order valence-corrected chi connectivity index (χ0v) is 6.91. The maximum Gasteiger partial charge on any atom is 0.203 e. The molecule has 1 unspecified atom stereocenters. The van der Waals surface area contributed by atoms with Crippen molar-refractivity contribution in [2.24, 2.45) is 11.3 Å². The van der Waals surface area contributed by atoms with Crippen LogP contribution < -0.4 is 0 Å². The summed E-state index contributed by atoms with van der Waals surface area (Å²) in [4.78, 5) is 0. The summed E-state index contributed by atoms with van der Waals surface area (Å²) >= 11 is 0. The molecule has 2 radical (unpaired) electrons. The van der Waals surface area contributed by atoms with Crippen molar-refractivity contribution in [3.63, 3.8) is 0 Å². The second-order valence-corrected chi connectivity index (χ2v) is 3.76. The molecular weight excluding hydrogens is 133 g/mol. The summed E-state index contributed by atoms with van der Waals surface area (Å²) in [6.45, 7) is 6.70. The molecule has 0 bridgehead atoms. The third-order valence-corrected chi connectivity index (χ3v) is 1.88. The van der Waals surface area contributed by atoms with E-state index in [2.05, 4.69) is 7.85 Å². The Labute approximate surface area is 62.4 Å². The molecule has 0 nitrogen and oxygen atoms in total. The van der Waals surface area contributed by atoms with E-state index in [1.165, 1.54) is 6.92 Å². The molecule has 0 saturated carbocycles. The minimum atomic E-state index is -3.06. The first-order valence-corrected chi connectivity index (χ1v) is 3.32. The van der Waals surface area contributed by atoms with Gasteiger partial charge in [-0.3, -0.25) is 0 Å².